The minimum Gasteiger partial charge on any atom is -0.294 e. The predicted octanol–water partition coefficient (Wildman–Crippen LogP) is 5.06. The van der Waals surface area contributed by atoms with Crippen molar-refractivity contribution in [1.82, 2.24) is 0 Å². The summed E-state index contributed by atoms with van der Waals surface area (Å²) in [5.74, 6) is -0.648. The van der Waals surface area contributed by atoms with Gasteiger partial charge in [-0.15, -0.1) is 0 Å². The number of benzene rings is 2. The number of halogens is 3. The molecule has 2 aromatic rings. The zero-order valence-corrected chi connectivity index (χ0v) is 12.3. The van der Waals surface area contributed by atoms with Crippen LogP contribution in [0.25, 0.3) is 0 Å². The molecule has 0 spiro atoms. The van der Waals surface area contributed by atoms with E-state index in [-0.39, 0.29) is 10.8 Å². The molecule has 0 aliphatic carbocycles. The summed E-state index contributed by atoms with van der Waals surface area (Å²) >= 11 is 8.97. The van der Waals surface area contributed by atoms with E-state index in [1.54, 1.807) is 6.07 Å². The maximum absolute atomic E-state index is 13.3. The molecular weight excluding hydrogens is 331 g/mol. The molecule has 4 heteroatoms. The number of rotatable bonds is 4. The number of carbonyl (C=O) groups is 1. The highest BCUT2D eigenvalue weighted by atomic mass is 79.9. The van der Waals surface area contributed by atoms with E-state index in [4.69, 9.17) is 11.6 Å². The third-order valence-electron chi connectivity index (χ3n) is 2.77. The van der Waals surface area contributed by atoms with Crippen molar-refractivity contribution in [2.45, 2.75) is 12.8 Å². The van der Waals surface area contributed by atoms with Crippen LogP contribution in [0.5, 0.6) is 0 Å². The molecule has 19 heavy (non-hydrogen) atoms. The van der Waals surface area contributed by atoms with E-state index in [2.05, 4.69) is 15.9 Å². The lowest BCUT2D eigenvalue weighted by Gasteiger charge is -2.03. The van der Waals surface area contributed by atoms with Gasteiger partial charge in [0.2, 0.25) is 0 Å². The van der Waals surface area contributed by atoms with Crippen LogP contribution in [0.2, 0.25) is 5.02 Å². The number of hydrogen-bond acceptors (Lipinski definition) is 1. The smallest absolute Gasteiger partial charge is 0.163 e. The monoisotopic (exact) mass is 340 g/mol. The van der Waals surface area contributed by atoms with E-state index >= 15 is 0 Å². The minimum atomic E-state index is -0.560. The van der Waals surface area contributed by atoms with Crippen molar-refractivity contribution in [1.29, 1.82) is 0 Å². The normalized spacial score (nSPS) is 10.5. The maximum Gasteiger partial charge on any atom is 0.163 e. The molecule has 0 aliphatic heterocycles. The second-order valence-corrected chi connectivity index (χ2v) is 5.50. The Hall–Kier alpha value is -1.19. The lowest BCUT2D eigenvalue weighted by atomic mass is 10.0. The summed E-state index contributed by atoms with van der Waals surface area (Å²) in [5.41, 5.74) is 1.43. The lowest BCUT2D eigenvalue weighted by molar-refractivity contribution is 0.0982. The standard InChI is InChI=1S/C15H11BrClFO/c16-12-3-1-2-10(8-12)4-7-15(19)11-5-6-13(17)14(18)9-11/h1-3,5-6,8-9H,4,7H2. The third-order valence-corrected chi connectivity index (χ3v) is 3.57. The Balaban J connectivity index is 2.03. The van der Waals surface area contributed by atoms with Crippen molar-refractivity contribution >= 4 is 33.3 Å². The van der Waals surface area contributed by atoms with Crippen LogP contribution < -0.4 is 0 Å². The van der Waals surface area contributed by atoms with Crippen LogP contribution in [-0.2, 0) is 6.42 Å². The van der Waals surface area contributed by atoms with E-state index in [0.717, 1.165) is 10.0 Å². The molecule has 0 aliphatic rings. The van der Waals surface area contributed by atoms with Crippen molar-refractivity contribution in [3.05, 3.63) is 68.9 Å². The second kappa shape index (κ2) is 6.31. The molecule has 2 rings (SSSR count). The van der Waals surface area contributed by atoms with Gasteiger partial charge < -0.3 is 0 Å². The fourth-order valence-corrected chi connectivity index (χ4v) is 2.33. The first-order valence-corrected chi connectivity index (χ1v) is 6.96. The van der Waals surface area contributed by atoms with E-state index in [0.29, 0.717) is 18.4 Å². The molecule has 2 aromatic carbocycles. The first-order chi connectivity index (χ1) is 9.06. The molecule has 98 valence electrons. The summed E-state index contributed by atoms with van der Waals surface area (Å²) in [6, 6.07) is 11.9. The van der Waals surface area contributed by atoms with Gasteiger partial charge in [0.05, 0.1) is 5.02 Å². The van der Waals surface area contributed by atoms with Gasteiger partial charge in [0, 0.05) is 16.5 Å². The quantitative estimate of drug-likeness (QED) is 0.711. The van der Waals surface area contributed by atoms with Crippen molar-refractivity contribution in [2.75, 3.05) is 0 Å². The van der Waals surface area contributed by atoms with E-state index in [1.807, 2.05) is 24.3 Å². The van der Waals surface area contributed by atoms with Gasteiger partial charge in [0.15, 0.2) is 5.78 Å². The molecule has 0 aromatic heterocycles. The molecule has 0 bridgehead atoms. The van der Waals surface area contributed by atoms with Crippen molar-refractivity contribution < 1.29 is 9.18 Å². The Labute approximate surface area is 124 Å². The Morgan fingerprint density at radius 1 is 1.21 bits per heavy atom. The van der Waals surface area contributed by atoms with E-state index in [1.165, 1.54) is 12.1 Å². The summed E-state index contributed by atoms with van der Waals surface area (Å²) in [6.07, 6.45) is 0.972. The molecule has 0 amide bonds. The highest BCUT2D eigenvalue weighted by molar-refractivity contribution is 9.10. The SMILES string of the molecule is O=C(CCc1cccc(Br)c1)c1ccc(Cl)c(F)c1. The summed E-state index contributed by atoms with van der Waals surface area (Å²) < 4.78 is 14.2. The second-order valence-electron chi connectivity index (χ2n) is 4.18. The molecule has 1 nitrogen and oxygen atoms in total. The van der Waals surface area contributed by atoms with Crippen LogP contribution in [0.1, 0.15) is 22.3 Å². The van der Waals surface area contributed by atoms with Gasteiger partial charge in [0.1, 0.15) is 5.82 Å². The molecule has 0 fully saturated rings. The summed E-state index contributed by atoms with van der Waals surface area (Å²) in [4.78, 5) is 11.9. The highest BCUT2D eigenvalue weighted by Crippen LogP contribution is 2.18. The van der Waals surface area contributed by atoms with Crippen molar-refractivity contribution in [3.63, 3.8) is 0 Å². The van der Waals surface area contributed by atoms with Crippen LogP contribution in [0, 0.1) is 5.82 Å². The molecule has 0 saturated heterocycles. The van der Waals surface area contributed by atoms with Crippen molar-refractivity contribution in [3.8, 4) is 0 Å². The zero-order chi connectivity index (χ0) is 13.8. The fraction of sp³-hybridized carbons (Fsp3) is 0.133. The van der Waals surface area contributed by atoms with E-state index in [9.17, 15) is 9.18 Å². The third kappa shape index (κ3) is 3.88. The number of hydrogen-bond donors (Lipinski definition) is 0. The molecule has 0 atom stereocenters. The number of ketones is 1. The average Bonchev–Trinajstić information content (AvgIpc) is 2.39. The maximum atomic E-state index is 13.3. The summed E-state index contributed by atoms with van der Waals surface area (Å²) in [6.45, 7) is 0. The van der Waals surface area contributed by atoms with Gasteiger partial charge in [-0.25, -0.2) is 4.39 Å². The lowest BCUT2D eigenvalue weighted by Crippen LogP contribution is -2.02. The largest absolute Gasteiger partial charge is 0.294 e. The molecule has 0 radical (unpaired) electrons. The highest BCUT2D eigenvalue weighted by Gasteiger charge is 2.09. The predicted molar refractivity (Wildman–Crippen MR) is 78.2 cm³/mol. The van der Waals surface area contributed by atoms with Gasteiger partial charge in [0.25, 0.3) is 0 Å². The first kappa shape index (κ1) is 14.2. The van der Waals surface area contributed by atoms with Crippen LogP contribution in [0.3, 0.4) is 0 Å². The molecule has 0 saturated carbocycles. The Morgan fingerprint density at radius 2 is 2.00 bits per heavy atom. The van der Waals surface area contributed by atoms with Crippen LogP contribution in [-0.4, -0.2) is 5.78 Å². The van der Waals surface area contributed by atoms with Crippen molar-refractivity contribution in [2.24, 2.45) is 0 Å². The van der Waals surface area contributed by atoms with Gasteiger partial charge in [-0.05, 0) is 42.3 Å². The Bertz CT molecular complexity index is 613. The molecule has 0 unspecified atom stereocenters. The molecule has 0 heterocycles. The van der Waals surface area contributed by atoms with Gasteiger partial charge >= 0.3 is 0 Å². The fourth-order valence-electron chi connectivity index (χ4n) is 1.76. The molecule has 0 N–H and O–H groups in total. The van der Waals surface area contributed by atoms with Crippen LogP contribution in [0.4, 0.5) is 4.39 Å². The van der Waals surface area contributed by atoms with Gasteiger partial charge in [-0.3, -0.25) is 4.79 Å². The molecular formula is C15H11BrClFO. The Kier molecular flexibility index (Phi) is 4.72. The van der Waals surface area contributed by atoms with Crippen LogP contribution >= 0.6 is 27.5 Å². The van der Waals surface area contributed by atoms with E-state index < -0.39 is 5.82 Å². The topological polar surface area (TPSA) is 17.1 Å². The number of Topliss-reactive ketones (excluding diaryl/α,β-unsaturated/α-hetero) is 1. The van der Waals surface area contributed by atoms with Crippen LogP contribution in [0.15, 0.2) is 46.9 Å². The average molecular weight is 342 g/mol. The number of carbonyl (C=O) groups excluding carboxylic acids is 1. The zero-order valence-electron chi connectivity index (χ0n) is 10.00. The summed E-state index contributed by atoms with van der Waals surface area (Å²) in [5, 5.41) is 0.0311. The number of aryl methyl sites for hydroxylation is 1. The minimum absolute atomic E-state index is 0.0311. The Morgan fingerprint density at radius 3 is 2.68 bits per heavy atom. The summed E-state index contributed by atoms with van der Waals surface area (Å²) in [7, 11) is 0. The van der Waals surface area contributed by atoms with Gasteiger partial charge in [-0.2, -0.15) is 0 Å². The van der Waals surface area contributed by atoms with Gasteiger partial charge in [-0.1, -0.05) is 39.7 Å². The first-order valence-electron chi connectivity index (χ1n) is 5.79.